The Labute approximate surface area is 190 Å². The molecular formula is C23H26N4O6. The van der Waals surface area contributed by atoms with Gasteiger partial charge in [-0.25, -0.2) is 9.78 Å². The maximum Gasteiger partial charge on any atom is 0.339 e. The second-order valence-corrected chi connectivity index (χ2v) is 8.19. The number of rotatable bonds is 7. The fourth-order valence-corrected chi connectivity index (χ4v) is 4.19. The summed E-state index contributed by atoms with van der Waals surface area (Å²) < 4.78 is 16.2. The minimum absolute atomic E-state index is 0.0149. The Balaban J connectivity index is 1.49. The molecule has 2 atom stereocenters. The van der Waals surface area contributed by atoms with Gasteiger partial charge in [-0.2, -0.15) is 0 Å². The highest BCUT2D eigenvalue weighted by Crippen LogP contribution is 2.43. The number of hydrogen-bond acceptors (Lipinski definition) is 9. The summed E-state index contributed by atoms with van der Waals surface area (Å²) in [6, 6.07) is 8.71. The Hall–Kier alpha value is -3.69. The van der Waals surface area contributed by atoms with E-state index in [0.29, 0.717) is 41.1 Å². The number of nitrogens with zero attached hydrogens (tertiary/aromatic N) is 4. The first-order chi connectivity index (χ1) is 16.0. The van der Waals surface area contributed by atoms with Gasteiger partial charge in [0.25, 0.3) is 0 Å². The third-order valence-corrected chi connectivity index (χ3v) is 6.17. The van der Waals surface area contributed by atoms with Gasteiger partial charge < -0.3 is 19.0 Å². The molecule has 0 saturated heterocycles. The zero-order chi connectivity index (χ0) is 23.4. The molecule has 1 aromatic carbocycles. The van der Waals surface area contributed by atoms with Gasteiger partial charge in [0, 0.05) is 17.8 Å². The summed E-state index contributed by atoms with van der Waals surface area (Å²) in [6.45, 7) is 1.77. The predicted molar refractivity (Wildman–Crippen MR) is 116 cm³/mol. The van der Waals surface area contributed by atoms with E-state index in [1.54, 1.807) is 50.6 Å². The van der Waals surface area contributed by atoms with Gasteiger partial charge in [-0.1, -0.05) is 12.8 Å². The molecule has 0 amide bonds. The van der Waals surface area contributed by atoms with Gasteiger partial charge in [-0.15, -0.1) is 5.10 Å². The molecule has 10 nitrogen and oxygen atoms in total. The zero-order valence-corrected chi connectivity index (χ0v) is 18.8. The molecule has 1 aliphatic rings. The summed E-state index contributed by atoms with van der Waals surface area (Å²) in [7, 11) is 3.10. The lowest BCUT2D eigenvalue weighted by atomic mass is 9.67. The topological polar surface area (TPSA) is 115 Å². The van der Waals surface area contributed by atoms with Crippen LogP contribution in [-0.2, 0) is 20.9 Å². The molecular weight excluding hydrogens is 428 g/mol. The van der Waals surface area contributed by atoms with Crippen LogP contribution < -0.4 is 14.3 Å². The largest absolute Gasteiger partial charge is 0.497 e. The zero-order valence-electron chi connectivity index (χ0n) is 18.8. The van der Waals surface area contributed by atoms with Gasteiger partial charge in [0.1, 0.15) is 23.6 Å². The monoisotopic (exact) mass is 454 g/mol. The fraction of sp³-hybridized carbons (Fsp3) is 0.435. The highest BCUT2D eigenvalue weighted by atomic mass is 16.7. The van der Waals surface area contributed by atoms with Crippen LogP contribution in [-0.4, -0.2) is 46.3 Å². The Kier molecular flexibility index (Phi) is 6.43. The van der Waals surface area contributed by atoms with E-state index >= 15 is 0 Å². The quantitative estimate of drug-likeness (QED) is 0.392. The van der Waals surface area contributed by atoms with E-state index in [1.165, 1.54) is 7.11 Å². The standard InChI is InChI=1S/C23H26N4O6/c1-23(22(29)32-14-15-9-10-16(30-2)13-19(15)31-3)11-5-4-7-17(23)21(28)33-27-20-18(25-26-27)8-6-12-24-20/h6,8-10,12-13,17H,4-5,7,11,14H2,1-3H3/t17?,23-/m0/s1. The van der Waals surface area contributed by atoms with Gasteiger partial charge in [-0.3, -0.25) is 4.79 Å². The maximum absolute atomic E-state index is 13.2. The minimum atomic E-state index is -1.03. The summed E-state index contributed by atoms with van der Waals surface area (Å²) in [5.41, 5.74) is 0.506. The molecule has 4 rings (SSSR count). The van der Waals surface area contributed by atoms with Crippen LogP contribution in [0.15, 0.2) is 36.5 Å². The normalized spacial score (nSPS) is 20.3. The van der Waals surface area contributed by atoms with Crippen LogP contribution in [0.25, 0.3) is 11.2 Å². The molecule has 1 saturated carbocycles. The molecule has 0 bridgehead atoms. The minimum Gasteiger partial charge on any atom is -0.497 e. The lowest BCUT2D eigenvalue weighted by Crippen LogP contribution is -2.46. The van der Waals surface area contributed by atoms with Crippen LogP contribution >= 0.6 is 0 Å². The summed E-state index contributed by atoms with van der Waals surface area (Å²) in [6.07, 6.45) is 4.21. The number of esters is 1. The first kappa shape index (κ1) is 22.5. The molecule has 0 aliphatic heterocycles. The van der Waals surface area contributed by atoms with Crippen molar-refractivity contribution in [1.29, 1.82) is 0 Å². The summed E-state index contributed by atoms with van der Waals surface area (Å²) in [5, 5.41) is 7.79. The van der Waals surface area contributed by atoms with Crippen molar-refractivity contribution in [3.8, 4) is 11.5 Å². The number of pyridine rings is 1. The molecule has 0 radical (unpaired) electrons. The molecule has 0 N–H and O–H groups in total. The molecule has 0 spiro atoms. The number of aromatic nitrogens is 4. The van der Waals surface area contributed by atoms with E-state index in [2.05, 4.69) is 15.3 Å². The van der Waals surface area contributed by atoms with Gasteiger partial charge >= 0.3 is 11.9 Å². The van der Waals surface area contributed by atoms with Crippen LogP contribution in [0.1, 0.15) is 38.2 Å². The Morgan fingerprint density at radius 1 is 1.18 bits per heavy atom. The average Bonchev–Trinajstić information content (AvgIpc) is 3.25. The summed E-state index contributed by atoms with van der Waals surface area (Å²) >= 11 is 0. The van der Waals surface area contributed by atoms with E-state index in [4.69, 9.17) is 19.0 Å². The number of fused-ring (bicyclic) bond motifs is 1. The van der Waals surface area contributed by atoms with Crippen molar-refractivity contribution in [1.82, 2.24) is 20.1 Å². The lowest BCUT2D eigenvalue weighted by molar-refractivity contribution is -0.173. The van der Waals surface area contributed by atoms with Gasteiger partial charge in [0.05, 0.1) is 25.6 Å². The predicted octanol–water partition coefficient (Wildman–Crippen LogP) is 2.74. The van der Waals surface area contributed by atoms with Crippen molar-refractivity contribution in [3.05, 3.63) is 42.1 Å². The first-order valence-corrected chi connectivity index (χ1v) is 10.7. The fourth-order valence-electron chi connectivity index (χ4n) is 4.19. The summed E-state index contributed by atoms with van der Waals surface area (Å²) in [4.78, 5) is 36.9. The second-order valence-electron chi connectivity index (χ2n) is 8.19. The third-order valence-electron chi connectivity index (χ3n) is 6.17. The Bertz CT molecular complexity index is 1160. The Morgan fingerprint density at radius 2 is 2.03 bits per heavy atom. The third kappa shape index (κ3) is 4.46. The second kappa shape index (κ2) is 9.43. The Morgan fingerprint density at radius 3 is 2.82 bits per heavy atom. The molecule has 10 heteroatoms. The number of benzene rings is 1. The molecule has 2 aromatic heterocycles. The first-order valence-electron chi connectivity index (χ1n) is 10.7. The molecule has 33 heavy (non-hydrogen) atoms. The number of carbonyl (C=O) groups excluding carboxylic acids is 2. The number of hydrogen-bond donors (Lipinski definition) is 0. The number of methoxy groups -OCH3 is 2. The molecule has 1 aliphatic carbocycles. The van der Waals surface area contributed by atoms with Gasteiger partial charge in [0.2, 0.25) is 5.65 Å². The van der Waals surface area contributed by atoms with Crippen molar-refractivity contribution >= 4 is 23.1 Å². The highest BCUT2D eigenvalue weighted by molar-refractivity contribution is 5.85. The van der Waals surface area contributed by atoms with Crippen LogP contribution in [0.5, 0.6) is 11.5 Å². The van der Waals surface area contributed by atoms with Crippen molar-refractivity contribution < 1.29 is 28.6 Å². The molecule has 1 unspecified atom stereocenters. The van der Waals surface area contributed by atoms with Crippen molar-refractivity contribution in [2.75, 3.05) is 14.2 Å². The SMILES string of the molecule is COc1ccc(COC(=O)[C@@]2(C)CCCCC2C(=O)On2nnc3cccnc32)c(OC)c1. The van der Waals surface area contributed by atoms with E-state index in [9.17, 15) is 9.59 Å². The molecule has 174 valence electrons. The average molecular weight is 454 g/mol. The molecule has 1 fully saturated rings. The van der Waals surface area contributed by atoms with Crippen molar-refractivity contribution in [3.63, 3.8) is 0 Å². The van der Waals surface area contributed by atoms with E-state index in [0.717, 1.165) is 17.7 Å². The van der Waals surface area contributed by atoms with Gasteiger partial charge in [0.15, 0.2) is 0 Å². The molecule has 2 heterocycles. The lowest BCUT2D eigenvalue weighted by Gasteiger charge is -2.37. The van der Waals surface area contributed by atoms with Crippen molar-refractivity contribution in [2.45, 2.75) is 39.2 Å². The van der Waals surface area contributed by atoms with Crippen LogP contribution in [0.4, 0.5) is 0 Å². The maximum atomic E-state index is 13.2. The summed E-state index contributed by atoms with van der Waals surface area (Å²) in [5.74, 6) is -0.506. The van der Waals surface area contributed by atoms with Crippen LogP contribution in [0.3, 0.4) is 0 Å². The molecule has 3 aromatic rings. The van der Waals surface area contributed by atoms with E-state index < -0.39 is 23.3 Å². The van der Waals surface area contributed by atoms with Crippen LogP contribution in [0.2, 0.25) is 0 Å². The smallest absolute Gasteiger partial charge is 0.339 e. The van der Waals surface area contributed by atoms with Crippen LogP contribution in [0, 0.1) is 11.3 Å². The van der Waals surface area contributed by atoms with E-state index in [-0.39, 0.29) is 6.61 Å². The van der Waals surface area contributed by atoms with E-state index in [1.807, 2.05) is 0 Å². The van der Waals surface area contributed by atoms with Crippen molar-refractivity contribution in [2.24, 2.45) is 11.3 Å². The highest BCUT2D eigenvalue weighted by Gasteiger charge is 2.49. The number of ether oxygens (including phenoxy) is 3. The van der Waals surface area contributed by atoms with Gasteiger partial charge in [-0.05, 0) is 54.1 Å². The number of carbonyl (C=O) groups is 2.